The van der Waals surface area contributed by atoms with Crippen LogP contribution in [-0.2, 0) is 6.18 Å². The van der Waals surface area contributed by atoms with Gasteiger partial charge in [-0.05, 0) is 72.8 Å². The van der Waals surface area contributed by atoms with Crippen molar-refractivity contribution in [3.63, 3.8) is 0 Å². The number of urea groups is 1. The van der Waals surface area contributed by atoms with Crippen molar-refractivity contribution in [2.75, 3.05) is 10.6 Å². The second-order valence-corrected chi connectivity index (χ2v) is 8.79. The number of hydrogen-bond acceptors (Lipinski definition) is 5. The van der Waals surface area contributed by atoms with Gasteiger partial charge in [0.25, 0.3) is 0 Å². The molecule has 7 nitrogen and oxygen atoms in total. The van der Waals surface area contributed by atoms with Gasteiger partial charge in [-0.3, -0.25) is 14.8 Å². The number of carbonyl (C=O) groups excluding carboxylic acids is 2. The topological polar surface area (TPSA) is 96.9 Å². The van der Waals surface area contributed by atoms with Crippen LogP contribution in [0.15, 0.2) is 91.4 Å². The third-order valence-electron chi connectivity index (χ3n) is 5.70. The number of alkyl halides is 3. The number of ketones is 1. The number of nitrogens with one attached hydrogen (secondary N) is 2. The second-order valence-electron chi connectivity index (χ2n) is 8.38. The van der Waals surface area contributed by atoms with E-state index in [0.29, 0.717) is 33.5 Å². The number of hydrogen-bond donors (Lipinski definition) is 2. The van der Waals surface area contributed by atoms with Gasteiger partial charge in [-0.15, -0.1) is 0 Å². The lowest BCUT2D eigenvalue weighted by atomic mass is 10.0. The third-order valence-corrected chi connectivity index (χ3v) is 6.03. The van der Waals surface area contributed by atoms with E-state index in [4.69, 9.17) is 11.6 Å². The van der Waals surface area contributed by atoms with Crippen molar-refractivity contribution in [3.8, 4) is 11.3 Å². The highest BCUT2D eigenvalue weighted by molar-refractivity contribution is 6.31. The van der Waals surface area contributed by atoms with Crippen LogP contribution in [0.25, 0.3) is 22.3 Å². The largest absolute Gasteiger partial charge is 0.417 e. The Labute approximate surface area is 224 Å². The van der Waals surface area contributed by atoms with E-state index in [0.717, 1.165) is 17.7 Å². The Morgan fingerprint density at radius 1 is 0.795 bits per heavy atom. The van der Waals surface area contributed by atoms with Gasteiger partial charge in [-0.2, -0.15) is 13.2 Å². The van der Waals surface area contributed by atoms with Crippen molar-refractivity contribution in [1.29, 1.82) is 0 Å². The maximum Gasteiger partial charge on any atom is 0.417 e. The second kappa shape index (κ2) is 10.5. The minimum atomic E-state index is -4.66. The van der Waals surface area contributed by atoms with Gasteiger partial charge in [0, 0.05) is 40.5 Å². The Hall–Kier alpha value is -4.83. The van der Waals surface area contributed by atoms with Crippen LogP contribution < -0.4 is 10.6 Å². The Bertz CT molecular complexity index is 1690. The normalized spacial score (nSPS) is 11.3. The van der Waals surface area contributed by atoms with Crippen molar-refractivity contribution in [2.24, 2.45) is 0 Å². The summed E-state index contributed by atoms with van der Waals surface area (Å²) in [6.45, 7) is 0. The molecule has 194 valence electrons. The van der Waals surface area contributed by atoms with E-state index in [-0.39, 0.29) is 11.5 Å². The lowest BCUT2D eigenvalue weighted by molar-refractivity contribution is -0.137. The zero-order valence-electron chi connectivity index (χ0n) is 19.8. The molecular formula is C28H17ClF3N5O2. The van der Waals surface area contributed by atoms with Crippen molar-refractivity contribution in [2.45, 2.75) is 6.18 Å². The standard InChI is InChI=1S/C28H17ClF3N5O2/c29-22-9-8-20(13-21(22)28(30,31)32)36-27(39)35-19-6-3-16(4-7-19)26(38)17-5-10-23-24(12-17)37-25(15-34-23)18-2-1-11-33-14-18/h1-15H,(H2,35,36,39). The van der Waals surface area contributed by atoms with E-state index in [1.165, 1.54) is 30.3 Å². The summed E-state index contributed by atoms with van der Waals surface area (Å²) >= 11 is 5.61. The van der Waals surface area contributed by atoms with Crippen molar-refractivity contribution >= 4 is 45.8 Å². The number of benzene rings is 3. The van der Waals surface area contributed by atoms with E-state index in [1.54, 1.807) is 42.9 Å². The van der Waals surface area contributed by atoms with Gasteiger partial charge in [-0.1, -0.05) is 11.6 Å². The monoisotopic (exact) mass is 547 g/mol. The SMILES string of the molecule is O=C(Nc1ccc(C(=O)c2ccc3ncc(-c4cccnc4)nc3c2)cc1)Nc1ccc(Cl)c(C(F)(F)F)c1. The summed E-state index contributed by atoms with van der Waals surface area (Å²) in [5, 5.41) is 4.38. The molecule has 0 spiro atoms. The summed E-state index contributed by atoms with van der Waals surface area (Å²) in [6.07, 6.45) is 0.322. The molecule has 39 heavy (non-hydrogen) atoms. The summed E-state index contributed by atoms with van der Waals surface area (Å²) in [5.74, 6) is -0.262. The molecule has 5 rings (SSSR count). The van der Waals surface area contributed by atoms with Gasteiger partial charge in [0.05, 0.1) is 33.5 Å². The van der Waals surface area contributed by atoms with Gasteiger partial charge < -0.3 is 10.6 Å². The summed E-state index contributed by atoms with van der Waals surface area (Å²) in [4.78, 5) is 38.5. The molecule has 0 saturated carbocycles. The lowest BCUT2D eigenvalue weighted by Crippen LogP contribution is -2.20. The van der Waals surface area contributed by atoms with Crippen LogP contribution >= 0.6 is 11.6 Å². The van der Waals surface area contributed by atoms with E-state index < -0.39 is 22.8 Å². The number of rotatable bonds is 5. The molecule has 0 aliphatic rings. The lowest BCUT2D eigenvalue weighted by Gasteiger charge is -2.12. The van der Waals surface area contributed by atoms with Crippen LogP contribution in [0.1, 0.15) is 21.5 Å². The number of nitrogens with zero attached hydrogens (tertiary/aromatic N) is 3. The molecule has 11 heteroatoms. The maximum absolute atomic E-state index is 13.1. The predicted octanol–water partition coefficient (Wildman–Crippen LogP) is 7.24. The van der Waals surface area contributed by atoms with Gasteiger partial charge in [-0.25, -0.2) is 9.78 Å². The average Bonchev–Trinajstić information content (AvgIpc) is 2.93. The van der Waals surface area contributed by atoms with Gasteiger partial charge in [0.2, 0.25) is 0 Å². The summed E-state index contributed by atoms with van der Waals surface area (Å²) in [5.41, 5.74) is 2.57. The number of amides is 2. The minimum absolute atomic E-state index is 0.0814. The number of aromatic nitrogens is 3. The van der Waals surface area contributed by atoms with Gasteiger partial charge in [0.15, 0.2) is 5.78 Å². The molecule has 0 aliphatic carbocycles. The van der Waals surface area contributed by atoms with Crippen LogP contribution in [0.3, 0.4) is 0 Å². The predicted molar refractivity (Wildman–Crippen MR) is 142 cm³/mol. The highest BCUT2D eigenvalue weighted by Gasteiger charge is 2.33. The van der Waals surface area contributed by atoms with Crippen LogP contribution in [0, 0.1) is 0 Å². The molecular weight excluding hydrogens is 531 g/mol. The molecule has 0 bridgehead atoms. The number of carbonyl (C=O) groups is 2. The summed E-state index contributed by atoms with van der Waals surface area (Å²) in [6, 6.07) is 17.1. The Morgan fingerprint density at radius 2 is 1.51 bits per heavy atom. The van der Waals surface area contributed by atoms with Crippen LogP contribution in [0.5, 0.6) is 0 Å². The first kappa shape index (κ1) is 25.8. The van der Waals surface area contributed by atoms with Crippen LogP contribution in [0.4, 0.5) is 29.3 Å². The van der Waals surface area contributed by atoms with Gasteiger partial charge in [0.1, 0.15) is 0 Å². The van der Waals surface area contributed by atoms with E-state index in [2.05, 4.69) is 25.6 Å². The number of pyridine rings is 1. The molecule has 0 unspecified atom stereocenters. The molecule has 2 aromatic heterocycles. The van der Waals surface area contributed by atoms with Crippen LogP contribution in [-0.4, -0.2) is 26.8 Å². The van der Waals surface area contributed by atoms with E-state index in [9.17, 15) is 22.8 Å². The van der Waals surface area contributed by atoms with Crippen molar-refractivity contribution in [1.82, 2.24) is 15.0 Å². The number of anilines is 2. The fourth-order valence-corrected chi connectivity index (χ4v) is 4.02. The van der Waals surface area contributed by atoms with E-state index in [1.807, 2.05) is 6.07 Å². The molecule has 0 saturated heterocycles. The first-order chi connectivity index (χ1) is 18.7. The Balaban J connectivity index is 1.29. The first-order valence-electron chi connectivity index (χ1n) is 11.4. The average molecular weight is 548 g/mol. The molecule has 2 amide bonds. The summed E-state index contributed by atoms with van der Waals surface area (Å²) < 4.78 is 39.2. The smallest absolute Gasteiger partial charge is 0.308 e. The van der Waals surface area contributed by atoms with Crippen molar-refractivity contribution in [3.05, 3.63) is 113 Å². The quantitative estimate of drug-likeness (QED) is 0.226. The number of fused-ring (bicyclic) bond motifs is 1. The minimum Gasteiger partial charge on any atom is -0.308 e. The molecule has 0 aliphatic heterocycles. The fraction of sp³-hybridized carbons (Fsp3) is 0.0357. The molecule has 5 aromatic rings. The molecule has 2 N–H and O–H groups in total. The van der Waals surface area contributed by atoms with Crippen LogP contribution in [0.2, 0.25) is 5.02 Å². The first-order valence-corrected chi connectivity index (χ1v) is 11.8. The maximum atomic E-state index is 13.1. The Kier molecular flexibility index (Phi) is 6.95. The summed E-state index contributed by atoms with van der Waals surface area (Å²) in [7, 11) is 0. The molecule has 2 heterocycles. The highest BCUT2D eigenvalue weighted by Crippen LogP contribution is 2.36. The van der Waals surface area contributed by atoms with Gasteiger partial charge >= 0.3 is 12.2 Å². The fourth-order valence-electron chi connectivity index (χ4n) is 3.79. The zero-order valence-corrected chi connectivity index (χ0v) is 20.6. The third kappa shape index (κ3) is 5.86. The van der Waals surface area contributed by atoms with E-state index >= 15 is 0 Å². The molecule has 0 radical (unpaired) electrons. The molecule has 3 aromatic carbocycles. The molecule has 0 atom stereocenters. The highest BCUT2D eigenvalue weighted by atomic mass is 35.5. The molecule has 0 fully saturated rings. The van der Waals surface area contributed by atoms with Crippen molar-refractivity contribution < 1.29 is 22.8 Å². The zero-order chi connectivity index (χ0) is 27.6. The number of halogens is 4. The Morgan fingerprint density at radius 3 is 2.23 bits per heavy atom.